The maximum absolute atomic E-state index is 4.72. The fraction of sp³-hybridized carbons (Fsp3) is 0.440. The van der Waals surface area contributed by atoms with Gasteiger partial charge in [-0.2, -0.15) is 15.0 Å². The van der Waals surface area contributed by atoms with Gasteiger partial charge < -0.3 is 16.0 Å². The summed E-state index contributed by atoms with van der Waals surface area (Å²) < 4.78 is 0. The third-order valence-corrected chi connectivity index (χ3v) is 6.35. The summed E-state index contributed by atoms with van der Waals surface area (Å²) >= 11 is 0. The molecule has 32 heavy (non-hydrogen) atoms. The van der Waals surface area contributed by atoms with Crippen LogP contribution < -0.4 is 16.0 Å². The van der Waals surface area contributed by atoms with Gasteiger partial charge in [-0.1, -0.05) is 49.6 Å². The van der Waals surface area contributed by atoms with E-state index in [1.54, 1.807) is 0 Å². The van der Waals surface area contributed by atoms with E-state index in [2.05, 4.69) is 55.2 Å². The lowest BCUT2D eigenvalue weighted by Gasteiger charge is -2.23. The van der Waals surface area contributed by atoms with Crippen LogP contribution in [-0.4, -0.2) is 38.6 Å². The Morgan fingerprint density at radius 3 is 2.06 bits per heavy atom. The molecule has 0 bridgehead atoms. The van der Waals surface area contributed by atoms with Gasteiger partial charge in [-0.3, -0.25) is 4.98 Å². The molecule has 0 amide bonds. The highest BCUT2D eigenvalue weighted by Gasteiger charge is 2.22. The Balaban J connectivity index is 1.28. The Labute approximate surface area is 189 Å². The molecule has 2 aliphatic rings. The molecule has 0 aliphatic heterocycles. The summed E-state index contributed by atoms with van der Waals surface area (Å²) in [6.07, 6.45) is 10.8. The van der Waals surface area contributed by atoms with E-state index in [0.717, 1.165) is 31.5 Å². The summed E-state index contributed by atoms with van der Waals surface area (Å²) in [5.41, 5.74) is 3.87. The first-order chi connectivity index (χ1) is 15.8. The Bertz CT molecular complexity index is 993. The molecule has 3 aromatic rings. The molecule has 2 aliphatic carbocycles. The van der Waals surface area contributed by atoms with Crippen LogP contribution in [0, 0.1) is 0 Å². The fourth-order valence-corrected chi connectivity index (χ4v) is 4.71. The third kappa shape index (κ3) is 5.33. The van der Waals surface area contributed by atoms with Crippen molar-refractivity contribution in [3.8, 4) is 0 Å². The second-order valence-electron chi connectivity index (χ2n) is 8.80. The van der Waals surface area contributed by atoms with Crippen LogP contribution in [0.2, 0.25) is 0 Å². The van der Waals surface area contributed by atoms with E-state index in [0.29, 0.717) is 29.9 Å². The average molecular weight is 430 g/mol. The zero-order chi connectivity index (χ0) is 21.6. The smallest absolute Gasteiger partial charge is 0.229 e. The number of rotatable bonds is 8. The SMILES string of the molecule is c1ccc(CCNc2nc(NC3CCCCC3)nc(NC3Cc4ccccc4C3)n2)nc1. The first-order valence-corrected chi connectivity index (χ1v) is 11.8. The molecule has 2 heterocycles. The summed E-state index contributed by atoms with van der Waals surface area (Å²) in [4.78, 5) is 18.5. The van der Waals surface area contributed by atoms with Crippen LogP contribution in [0.3, 0.4) is 0 Å². The van der Waals surface area contributed by atoms with E-state index in [1.165, 1.54) is 43.2 Å². The first-order valence-electron chi connectivity index (χ1n) is 11.8. The lowest BCUT2D eigenvalue weighted by atomic mass is 9.96. The highest BCUT2D eigenvalue weighted by atomic mass is 15.3. The van der Waals surface area contributed by atoms with Gasteiger partial charge in [0.2, 0.25) is 17.8 Å². The van der Waals surface area contributed by atoms with Gasteiger partial charge in [0.25, 0.3) is 0 Å². The second kappa shape index (κ2) is 9.94. The van der Waals surface area contributed by atoms with Gasteiger partial charge >= 0.3 is 0 Å². The molecular formula is C25H31N7. The molecular weight excluding hydrogens is 398 g/mol. The number of aromatic nitrogens is 4. The van der Waals surface area contributed by atoms with Crippen LogP contribution in [0.4, 0.5) is 17.8 Å². The number of hydrogen-bond acceptors (Lipinski definition) is 7. The molecule has 2 aromatic heterocycles. The van der Waals surface area contributed by atoms with Gasteiger partial charge in [0.15, 0.2) is 0 Å². The van der Waals surface area contributed by atoms with Gasteiger partial charge in [0, 0.05) is 36.9 Å². The fourth-order valence-electron chi connectivity index (χ4n) is 4.71. The minimum absolute atomic E-state index is 0.304. The summed E-state index contributed by atoms with van der Waals surface area (Å²) in [6, 6.07) is 15.4. The Hall–Kier alpha value is -3.22. The highest BCUT2D eigenvalue weighted by molar-refractivity contribution is 5.45. The maximum Gasteiger partial charge on any atom is 0.229 e. The van der Waals surface area contributed by atoms with Crippen LogP contribution in [0.25, 0.3) is 0 Å². The van der Waals surface area contributed by atoms with E-state index in [1.807, 2.05) is 24.4 Å². The molecule has 0 atom stereocenters. The normalized spacial score (nSPS) is 16.5. The molecule has 0 spiro atoms. The van der Waals surface area contributed by atoms with Crippen molar-refractivity contribution in [2.24, 2.45) is 0 Å². The number of hydrogen-bond donors (Lipinski definition) is 3. The minimum atomic E-state index is 0.304. The summed E-state index contributed by atoms with van der Waals surface area (Å²) in [5.74, 6) is 1.90. The summed E-state index contributed by atoms with van der Waals surface area (Å²) in [6.45, 7) is 0.720. The Kier molecular flexibility index (Phi) is 6.42. The van der Waals surface area contributed by atoms with Gasteiger partial charge in [-0.15, -0.1) is 0 Å². The number of anilines is 3. The van der Waals surface area contributed by atoms with Crippen molar-refractivity contribution >= 4 is 17.8 Å². The highest BCUT2D eigenvalue weighted by Crippen LogP contribution is 2.25. The standard InChI is InChI=1S/C25H31N7/c1-2-11-21(12-3-1)28-24-30-23(27-15-13-20-10-6-7-14-26-20)31-25(32-24)29-22-16-18-8-4-5-9-19(18)17-22/h4-10,14,21-22H,1-3,11-13,15-17H2,(H3,27,28,29,30,31,32). The summed E-state index contributed by atoms with van der Waals surface area (Å²) in [7, 11) is 0. The van der Waals surface area contributed by atoms with Crippen molar-refractivity contribution in [3.05, 3.63) is 65.5 Å². The summed E-state index contributed by atoms with van der Waals surface area (Å²) in [5, 5.41) is 10.5. The topological polar surface area (TPSA) is 87.7 Å². The first kappa shape index (κ1) is 20.7. The Morgan fingerprint density at radius 1 is 0.719 bits per heavy atom. The molecule has 0 radical (unpaired) electrons. The molecule has 0 unspecified atom stereocenters. The van der Waals surface area contributed by atoms with Crippen LogP contribution in [0.1, 0.15) is 48.9 Å². The van der Waals surface area contributed by atoms with Gasteiger partial charge in [0.05, 0.1) is 0 Å². The van der Waals surface area contributed by atoms with Crippen molar-refractivity contribution in [1.29, 1.82) is 0 Å². The molecule has 5 rings (SSSR count). The van der Waals surface area contributed by atoms with Crippen LogP contribution in [-0.2, 0) is 19.3 Å². The molecule has 7 heteroatoms. The van der Waals surface area contributed by atoms with Gasteiger partial charge in [0.1, 0.15) is 0 Å². The predicted molar refractivity (Wildman–Crippen MR) is 128 cm³/mol. The van der Waals surface area contributed by atoms with Crippen molar-refractivity contribution in [2.45, 2.75) is 63.5 Å². The molecule has 1 saturated carbocycles. The van der Waals surface area contributed by atoms with Crippen LogP contribution >= 0.6 is 0 Å². The molecule has 1 fully saturated rings. The van der Waals surface area contributed by atoms with E-state index >= 15 is 0 Å². The van der Waals surface area contributed by atoms with Crippen molar-refractivity contribution < 1.29 is 0 Å². The number of nitrogens with zero attached hydrogens (tertiary/aromatic N) is 4. The zero-order valence-corrected chi connectivity index (χ0v) is 18.4. The van der Waals surface area contributed by atoms with Crippen LogP contribution in [0.5, 0.6) is 0 Å². The van der Waals surface area contributed by atoms with Crippen molar-refractivity contribution in [2.75, 3.05) is 22.5 Å². The second-order valence-corrected chi connectivity index (χ2v) is 8.80. The largest absolute Gasteiger partial charge is 0.354 e. The van der Waals surface area contributed by atoms with E-state index in [4.69, 9.17) is 4.98 Å². The van der Waals surface area contributed by atoms with Gasteiger partial charge in [-0.25, -0.2) is 0 Å². The zero-order valence-electron chi connectivity index (χ0n) is 18.4. The van der Waals surface area contributed by atoms with Gasteiger partial charge in [-0.05, 0) is 48.9 Å². The number of nitrogens with one attached hydrogen (secondary N) is 3. The molecule has 1 aromatic carbocycles. The molecule has 166 valence electrons. The lowest BCUT2D eigenvalue weighted by Crippen LogP contribution is -2.26. The number of fused-ring (bicyclic) bond motifs is 1. The maximum atomic E-state index is 4.72. The third-order valence-electron chi connectivity index (χ3n) is 6.35. The quantitative estimate of drug-likeness (QED) is 0.493. The monoisotopic (exact) mass is 429 g/mol. The molecule has 7 nitrogen and oxygen atoms in total. The lowest BCUT2D eigenvalue weighted by molar-refractivity contribution is 0.461. The molecule has 3 N–H and O–H groups in total. The van der Waals surface area contributed by atoms with Crippen molar-refractivity contribution in [1.82, 2.24) is 19.9 Å². The van der Waals surface area contributed by atoms with Crippen molar-refractivity contribution in [3.63, 3.8) is 0 Å². The number of pyridine rings is 1. The minimum Gasteiger partial charge on any atom is -0.354 e. The van der Waals surface area contributed by atoms with E-state index < -0.39 is 0 Å². The molecule has 0 saturated heterocycles. The Morgan fingerprint density at radius 2 is 1.38 bits per heavy atom. The average Bonchev–Trinajstić information content (AvgIpc) is 3.23. The predicted octanol–water partition coefficient (Wildman–Crippen LogP) is 4.25. The number of benzene rings is 1. The van der Waals surface area contributed by atoms with E-state index in [-0.39, 0.29) is 0 Å². The van der Waals surface area contributed by atoms with Crippen LogP contribution in [0.15, 0.2) is 48.7 Å². The van der Waals surface area contributed by atoms with E-state index in [9.17, 15) is 0 Å².